The molecule has 1 aliphatic rings. The van der Waals surface area contributed by atoms with E-state index >= 15 is 0 Å². The standard InChI is InChI=1S/C25H23F4N3O7/c26-15-10-16(27)21(29)22(20(15)28)39-12-18(33)17(11-19(34)35)31-23(36)13-6-8-32(9-7-13)25(38)24(37)30-14-4-2-1-3-5-14/h1-5,10,13,17H,6-9,11-12H2,(H,30,37)(H,31,36)(H,34,35)/t17-/m0/s1. The third-order valence-electron chi connectivity index (χ3n) is 5.89. The molecule has 1 fully saturated rings. The zero-order valence-electron chi connectivity index (χ0n) is 20.2. The Morgan fingerprint density at radius 1 is 0.974 bits per heavy atom. The Labute approximate surface area is 218 Å². The largest absolute Gasteiger partial charge is 0.481 e. The van der Waals surface area contributed by atoms with E-state index in [-0.39, 0.29) is 32.0 Å². The van der Waals surface area contributed by atoms with E-state index in [2.05, 4.69) is 15.4 Å². The second-order valence-electron chi connectivity index (χ2n) is 8.60. The van der Waals surface area contributed by atoms with Crippen molar-refractivity contribution in [2.24, 2.45) is 5.92 Å². The number of benzene rings is 2. The van der Waals surface area contributed by atoms with Crippen LogP contribution in [-0.4, -0.2) is 65.2 Å². The van der Waals surface area contributed by atoms with Gasteiger partial charge in [0.1, 0.15) is 12.6 Å². The highest BCUT2D eigenvalue weighted by atomic mass is 19.2. The number of hydrogen-bond donors (Lipinski definition) is 3. The van der Waals surface area contributed by atoms with Crippen LogP contribution in [0.3, 0.4) is 0 Å². The van der Waals surface area contributed by atoms with Gasteiger partial charge in [-0.15, -0.1) is 0 Å². The van der Waals surface area contributed by atoms with Crippen LogP contribution >= 0.6 is 0 Å². The number of likely N-dealkylation sites (tertiary alicyclic amines) is 1. The summed E-state index contributed by atoms with van der Waals surface area (Å²) >= 11 is 0. The van der Waals surface area contributed by atoms with E-state index in [0.29, 0.717) is 5.69 Å². The number of carboxylic acids is 1. The van der Waals surface area contributed by atoms with Gasteiger partial charge < -0.3 is 25.4 Å². The predicted molar refractivity (Wildman–Crippen MR) is 125 cm³/mol. The molecule has 2 aromatic rings. The number of rotatable bonds is 9. The van der Waals surface area contributed by atoms with Crippen LogP contribution in [0.1, 0.15) is 19.3 Å². The molecule has 2 aromatic carbocycles. The molecule has 1 saturated heterocycles. The molecule has 14 heteroatoms. The maximum Gasteiger partial charge on any atom is 0.313 e. The molecule has 10 nitrogen and oxygen atoms in total. The number of piperidine rings is 1. The van der Waals surface area contributed by atoms with Gasteiger partial charge in [-0.25, -0.2) is 8.78 Å². The van der Waals surface area contributed by atoms with Crippen molar-refractivity contribution in [2.75, 3.05) is 25.0 Å². The van der Waals surface area contributed by atoms with Crippen LogP contribution in [0.4, 0.5) is 23.2 Å². The second kappa shape index (κ2) is 12.8. The first-order valence-corrected chi connectivity index (χ1v) is 11.6. The van der Waals surface area contributed by atoms with Crippen molar-refractivity contribution >= 4 is 35.2 Å². The molecule has 0 spiro atoms. The Morgan fingerprint density at radius 3 is 2.13 bits per heavy atom. The van der Waals surface area contributed by atoms with Gasteiger partial charge in [0.25, 0.3) is 0 Å². The molecular weight excluding hydrogens is 530 g/mol. The van der Waals surface area contributed by atoms with Crippen molar-refractivity contribution in [1.29, 1.82) is 0 Å². The fraction of sp³-hybridized carbons (Fsp3) is 0.320. The lowest BCUT2D eigenvalue weighted by Crippen LogP contribution is -2.50. The van der Waals surface area contributed by atoms with Gasteiger partial charge in [-0.1, -0.05) is 18.2 Å². The normalized spacial score (nSPS) is 14.3. The molecule has 0 radical (unpaired) electrons. The van der Waals surface area contributed by atoms with E-state index < -0.39 is 83.5 Å². The number of Topliss-reactive ketones (excluding diaryl/α,β-unsaturated/α-hetero) is 1. The number of para-hydroxylation sites is 1. The second-order valence-corrected chi connectivity index (χ2v) is 8.60. The molecule has 3 rings (SSSR count). The van der Waals surface area contributed by atoms with Crippen LogP contribution in [0.2, 0.25) is 0 Å². The van der Waals surface area contributed by atoms with Crippen LogP contribution in [-0.2, 0) is 24.0 Å². The molecule has 0 aliphatic carbocycles. The van der Waals surface area contributed by atoms with E-state index in [4.69, 9.17) is 5.11 Å². The molecular formula is C25H23F4N3O7. The van der Waals surface area contributed by atoms with E-state index in [9.17, 15) is 41.5 Å². The highest BCUT2D eigenvalue weighted by Gasteiger charge is 2.33. The van der Waals surface area contributed by atoms with Gasteiger partial charge in [0.05, 0.1) is 6.42 Å². The number of nitrogens with zero attached hydrogens (tertiary/aromatic N) is 1. The number of carbonyl (C=O) groups excluding carboxylic acids is 4. The molecule has 1 atom stereocenters. The zero-order valence-corrected chi connectivity index (χ0v) is 20.2. The molecule has 0 saturated carbocycles. The molecule has 3 N–H and O–H groups in total. The van der Waals surface area contributed by atoms with Crippen LogP contribution in [0.15, 0.2) is 36.4 Å². The monoisotopic (exact) mass is 553 g/mol. The maximum absolute atomic E-state index is 13.8. The number of aliphatic carboxylic acids is 1. The summed E-state index contributed by atoms with van der Waals surface area (Å²) in [7, 11) is 0. The molecule has 0 aromatic heterocycles. The summed E-state index contributed by atoms with van der Waals surface area (Å²) in [6.07, 6.45) is -0.716. The van der Waals surface area contributed by atoms with E-state index in [0.717, 1.165) is 0 Å². The number of amides is 3. The van der Waals surface area contributed by atoms with Crippen molar-refractivity contribution < 1.29 is 51.4 Å². The third-order valence-corrected chi connectivity index (χ3v) is 5.89. The van der Waals surface area contributed by atoms with Gasteiger partial charge in [-0.05, 0) is 25.0 Å². The van der Waals surface area contributed by atoms with Crippen LogP contribution in [0.5, 0.6) is 5.75 Å². The van der Waals surface area contributed by atoms with Gasteiger partial charge in [0.15, 0.2) is 23.2 Å². The average Bonchev–Trinajstić information content (AvgIpc) is 2.91. The number of carbonyl (C=O) groups is 5. The highest BCUT2D eigenvalue weighted by molar-refractivity contribution is 6.39. The summed E-state index contributed by atoms with van der Waals surface area (Å²) in [5.74, 6) is -14.6. The fourth-order valence-corrected chi connectivity index (χ4v) is 3.83. The number of halogens is 4. The van der Waals surface area contributed by atoms with Crippen molar-refractivity contribution in [1.82, 2.24) is 10.2 Å². The minimum Gasteiger partial charge on any atom is -0.481 e. The Morgan fingerprint density at radius 2 is 1.56 bits per heavy atom. The zero-order chi connectivity index (χ0) is 28.7. The Balaban J connectivity index is 1.56. The van der Waals surface area contributed by atoms with Crippen molar-refractivity contribution in [3.63, 3.8) is 0 Å². The van der Waals surface area contributed by atoms with Crippen molar-refractivity contribution in [2.45, 2.75) is 25.3 Å². The minimum atomic E-state index is -1.89. The van der Waals surface area contributed by atoms with Gasteiger partial charge in [-0.2, -0.15) is 8.78 Å². The summed E-state index contributed by atoms with van der Waals surface area (Å²) in [4.78, 5) is 62.3. The number of nitrogens with one attached hydrogen (secondary N) is 2. The van der Waals surface area contributed by atoms with E-state index in [1.807, 2.05) is 0 Å². The first-order chi connectivity index (χ1) is 18.5. The summed E-state index contributed by atoms with van der Waals surface area (Å²) in [6, 6.07) is 6.56. The van der Waals surface area contributed by atoms with E-state index in [1.165, 1.54) is 4.90 Å². The summed E-state index contributed by atoms with van der Waals surface area (Å²) in [5, 5.41) is 13.8. The maximum atomic E-state index is 13.8. The number of anilines is 1. The van der Waals surface area contributed by atoms with Crippen molar-refractivity contribution in [3.05, 3.63) is 59.7 Å². The molecule has 1 heterocycles. The lowest BCUT2D eigenvalue weighted by Gasteiger charge is -2.31. The molecule has 1 aliphatic heterocycles. The third kappa shape index (κ3) is 7.52. The Hall–Kier alpha value is -4.49. The van der Waals surface area contributed by atoms with Gasteiger partial charge in [-0.3, -0.25) is 24.0 Å². The van der Waals surface area contributed by atoms with E-state index in [1.54, 1.807) is 30.3 Å². The lowest BCUT2D eigenvalue weighted by atomic mass is 9.95. The minimum absolute atomic E-state index is 0.0312. The van der Waals surface area contributed by atoms with Crippen LogP contribution < -0.4 is 15.4 Å². The lowest BCUT2D eigenvalue weighted by molar-refractivity contribution is -0.145. The molecule has 39 heavy (non-hydrogen) atoms. The first kappa shape index (κ1) is 29.1. The van der Waals surface area contributed by atoms with Crippen molar-refractivity contribution in [3.8, 4) is 5.75 Å². The van der Waals surface area contributed by atoms with Gasteiger partial charge in [0, 0.05) is 30.8 Å². The van der Waals surface area contributed by atoms with Gasteiger partial charge >= 0.3 is 17.8 Å². The Kier molecular flexibility index (Phi) is 9.57. The molecule has 0 unspecified atom stereocenters. The van der Waals surface area contributed by atoms with Gasteiger partial charge in [0.2, 0.25) is 17.5 Å². The highest BCUT2D eigenvalue weighted by Crippen LogP contribution is 2.26. The first-order valence-electron chi connectivity index (χ1n) is 11.6. The SMILES string of the molecule is O=C(O)C[C@H](NC(=O)C1CCN(C(=O)C(=O)Nc2ccccc2)CC1)C(=O)COc1c(F)c(F)cc(F)c1F. The number of hydrogen-bond acceptors (Lipinski definition) is 6. The summed E-state index contributed by atoms with van der Waals surface area (Å²) < 4.78 is 58.8. The summed E-state index contributed by atoms with van der Waals surface area (Å²) in [5.41, 5.74) is 0.427. The van der Waals surface area contributed by atoms with Crippen LogP contribution in [0.25, 0.3) is 0 Å². The quantitative estimate of drug-likeness (QED) is 0.245. The molecule has 208 valence electrons. The number of carboxylic acid groups (broad SMARTS) is 1. The fourth-order valence-electron chi connectivity index (χ4n) is 3.83. The predicted octanol–water partition coefficient (Wildman–Crippen LogP) is 2.03. The Bertz CT molecular complexity index is 1240. The van der Waals surface area contributed by atoms with Crippen LogP contribution in [0, 0.1) is 29.2 Å². The molecule has 3 amide bonds. The number of ketones is 1. The average molecular weight is 553 g/mol. The smallest absolute Gasteiger partial charge is 0.313 e. The topological polar surface area (TPSA) is 142 Å². The number of ether oxygens (including phenoxy) is 1. The molecule has 0 bridgehead atoms. The summed E-state index contributed by atoms with van der Waals surface area (Å²) in [6.45, 7) is -1.13.